The van der Waals surface area contributed by atoms with Crippen LogP contribution in [0.25, 0.3) is 0 Å². The molecule has 7 atom stereocenters. The Morgan fingerprint density at radius 1 is 0.869 bits per heavy atom. The topological polar surface area (TPSA) is 194 Å². The standard InChI is InChI=1S/C46H80NO13P/c1-8-10-17-23-37(48)28-29-43-39(40(49)32-46(52)60-43)24-18-15-16-21-27-45(51)58-38(34-57-61(53,54)56-31-30-47(5,6)7)33-55-44(50)26-20-14-12-11-13-19-25-42-36(4)35(3)41(59-42)22-9-2/h15,18,28-29,37-40,43,46,48-49,52H,8-14,16-17,19-27,30-34H2,1-7H3/b18-15-,29-28+/t37-,38+,39-,40-,43+,46?/m0/s1. The highest BCUT2D eigenvalue weighted by molar-refractivity contribution is 7.45. The molecule has 2 heterocycles. The fraction of sp³-hybridized carbons (Fsp3) is 0.783. The lowest BCUT2D eigenvalue weighted by Gasteiger charge is -2.36. The lowest BCUT2D eigenvalue weighted by atomic mass is 9.87. The highest BCUT2D eigenvalue weighted by Gasteiger charge is 2.35. The fourth-order valence-corrected chi connectivity index (χ4v) is 7.76. The molecule has 0 radical (unpaired) electrons. The molecule has 14 nitrogen and oxygen atoms in total. The fourth-order valence-electron chi connectivity index (χ4n) is 7.03. The summed E-state index contributed by atoms with van der Waals surface area (Å²) in [5.41, 5.74) is 2.54. The van der Waals surface area contributed by atoms with Crippen LogP contribution in [0.5, 0.6) is 0 Å². The van der Waals surface area contributed by atoms with Crippen LogP contribution in [0.15, 0.2) is 28.7 Å². The van der Waals surface area contributed by atoms with Gasteiger partial charge in [-0.3, -0.25) is 14.2 Å². The minimum Gasteiger partial charge on any atom is -0.756 e. The molecule has 15 heteroatoms. The smallest absolute Gasteiger partial charge is 0.306 e. The Labute approximate surface area is 366 Å². The number of aliphatic hydroxyl groups is 3. The summed E-state index contributed by atoms with van der Waals surface area (Å²) in [5.74, 6) is 0.808. The number of allylic oxidation sites excluding steroid dienone is 2. The molecule has 61 heavy (non-hydrogen) atoms. The van der Waals surface area contributed by atoms with Crippen molar-refractivity contribution in [3.05, 3.63) is 47.0 Å². The van der Waals surface area contributed by atoms with Crippen molar-refractivity contribution in [1.29, 1.82) is 0 Å². The minimum atomic E-state index is -4.72. The Bertz CT molecular complexity index is 1490. The Morgan fingerprint density at radius 3 is 2.23 bits per heavy atom. The number of aliphatic hydroxyl groups excluding tert-OH is 3. The maximum absolute atomic E-state index is 12.8. The van der Waals surface area contributed by atoms with Crippen molar-refractivity contribution in [2.75, 3.05) is 47.5 Å². The normalized spacial score (nSPS) is 20.6. The molecule has 352 valence electrons. The number of carbonyl (C=O) groups excluding carboxylic acids is 2. The third kappa shape index (κ3) is 24.3. The number of hydrogen-bond donors (Lipinski definition) is 3. The van der Waals surface area contributed by atoms with Crippen molar-refractivity contribution in [2.24, 2.45) is 5.92 Å². The molecule has 1 aliphatic heterocycles. The number of aryl methyl sites for hydroxylation is 2. The van der Waals surface area contributed by atoms with E-state index in [1.54, 1.807) is 12.2 Å². The van der Waals surface area contributed by atoms with Crippen molar-refractivity contribution >= 4 is 19.8 Å². The van der Waals surface area contributed by atoms with Crippen molar-refractivity contribution in [3.63, 3.8) is 0 Å². The van der Waals surface area contributed by atoms with Crippen LogP contribution in [0.2, 0.25) is 0 Å². The summed E-state index contributed by atoms with van der Waals surface area (Å²) in [6, 6.07) is 0. The van der Waals surface area contributed by atoms with Gasteiger partial charge < -0.3 is 52.4 Å². The van der Waals surface area contributed by atoms with Gasteiger partial charge in [-0.15, -0.1) is 0 Å². The third-order valence-corrected chi connectivity index (χ3v) is 11.9. The maximum Gasteiger partial charge on any atom is 0.306 e. The van der Waals surface area contributed by atoms with Gasteiger partial charge in [0.25, 0.3) is 7.82 Å². The quantitative estimate of drug-likeness (QED) is 0.0207. The van der Waals surface area contributed by atoms with E-state index in [-0.39, 0.29) is 38.4 Å². The molecule has 0 amide bonds. The number of phosphoric ester groups is 1. The molecule has 0 aliphatic carbocycles. The summed E-state index contributed by atoms with van der Waals surface area (Å²) in [7, 11) is 0.969. The zero-order chi connectivity index (χ0) is 45.3. The van der Waals surface area contributed by atoms with Crippen LogP contribution in [0, 0.1) is 19.8 Å². The van der Waals surface area contributed by atoms with E-state index in [9.17, 15) is 34.4 Å². The van der Waals surface area contributed by atoms with Gasteiger partial charge in [0.1, 0.15) is 31.3 Å². The van der Waals surface area contributed by atoms with Gasteiger partial charge in [0.05, 0.1) is 46.1 Å². The molecule has 2 unspecified atom stereocenters. The Kier molecular flexibility index (Phi) is 26.8. The molecule has 1 fully saturated rings. The van der Waals surface area contributed by atoms with Crippen LogP contribution < -0.4 is 4.89 Å². The number of nitrogens with zero attached hydrogens (tertiary/aromatic N) is 1. The van der Waals surface area contributed by atoms with Gasteiger partial charge in [-0.1, -0.05) is 83.1 Å². The lowest BCUT2D eigenvalue weighted by Crippen LogP contribution is -2.43. The highest BCUT2D eigenvalue weighted by Crippen LogP contribution is 2.38. The van der Waals surface area contributed by atoms with E-state index in [4.69, 9.17) is 27.7 Å². The first-order valence-corrected chi connectivity index (χ1v) is 24.3. The molecule has 0 bridgehead atoms. The molecule has 3 N–H and O–H groups in total. The van der Waals surface area contributed by atoms with Gasteiger partial charge in [-0.2, -0.15) is 0 Å². The van der Waals surface area contributed by atoms with E-state index in [2.05, 4.69) is 27.7 Å². The first-order valence-electron chi connectivity index (χ1n) is 22.8. The summed E-state index contributed by atoms with van der Waals surface area (Å²) in [4.78, 5) is 37.9. The maximum atomic E-state index is 12.8. The number of phosphoric acid groups is 1. The van der Waals surface area contributed by atoms with E-state index in [0.717, 1.165) is 82.1 Å². The first kappa shape index (κ1) is 54.7. The number of esters is 2. The van der Waals surface area contributed by atoms with Gasteiger partial charge in [0, 0.05) is 38.0 Å². The number of hydrogen-bond acceptors (Lipinski definition) is 13. The van der Waals surface area contributed by atoms with Gasteiger partial charge >= 0.3 is 11.9 Å². The van der Waals surface area contributed by atoms with E-state index in [1.165, 1.54) is 11.1 Å². The number of quaternary nitrogens is 1. The zero-order valence-electron chi connectivity index (χ0n) is 38.4. The second-order valence-electron chi connectivity index (χ2n) is 17.5. The molecule has 1 aromatic heterocycles. The van der Waals surface area contributed by atoms with Gasteiger partial charge in [0.2, 0.25) is 0 Å². The number of unbranched alkanes of at least 4 members (excludes halogenated alkanes) is 8. The van der Waals surface area contributed by atoms with E-state index < -0.39 is 57.1 Å². The second kappa shape index (κ2) is 29.9. The number of furan rings is 1. The molecule has 0 aromatic carbocycles. The van der Waals surface area contributed by atoms with Crippen LogP contribution in [-0.4, -0.2) is 110 Å². The highest BCUT2D eigenvalue weighted by atomic mass is 31.2. The van der Waals surface area contributed by atoms with Crippen molar-refractivity contribution in [2.45, 2.75) is 180 Å². The average Bonchev–Trinajstić information content (AvgIpc) is 3.45. The molecule has 1 aliphatic rings. The molecule has 2 rings (SSSR count). The van der Waals surface area contributed by atoms with Crippen molar-refractivity contribution in [3.8, 4) is 0 Å². The van der Waals surface area contributed by atoms with Crippen LogP contribution in [-0.2, 0) is 50.3 Å². The first-order chi connectivity index (χ1) is 28.9. The Morgan fingerprint density at radius 2 is 1.54 bits per heavy atom. The van der Waals surface area contributed by atoms with Gasteiger partial charge in [0.15, 0.2) is 12.4 Å². The van der Waals surface area contributed by atoms with Crippen LogP contribution in [0.3, 0.4) is 0 Å². The average molecular weight is 886 g/mol. The predicted molar refractivity (Wildman–Crippen MR) is 233 cm³/mol. The Hall–Kier alpha value is -2.39. The van der Waals surface area contributed by atoms with Gasteiger partial charge in [-0.25, -0.2) is 0 Å². The van der Waals surface area contributed by atoms with Gasteiger partial charge in [-0.05, 0) is 69.9 Å². The van der Waals surface area contributed by atoms with Crippen molar-refractivity contribution in [1.82, 2.24) is 0 Å². The van der Waals surface area contributed by atoms with Crippen LogP contribution >= 0.6 is 7.82 Å². The molecule has 0 spiro atoms. The van der Waals surface area contributed by atoms with Crippen LogP contribution in [0.4, 0.5) is 0 Å². The molecule has 0 saturated carbocycles. The molecule has 1 aromatic rings. The van der Waals surface area contributed by atoms with Crippen LogP contribution in [0.1, 0.15) is 146 Å². The summed E-state index contributed by atoms with van der Waals surface area (Å²) in [6.07, 6.45) is 16.9. The zero-order valence-corrected chi connectivity index (χ0v) is 39.2. The predicted octanol–water partition coefficient (Wildman–Crippen LogP) is 7.48. The van der Waals surface area contributed by atoms with E-state index >= 15 is 0 Å². The van der Waals surface area contributed by atoms with E-state index in [1.807, 2.05) is 33.3 Å². The summed E-state index contributed by atoms with van der Waals surface area (Å²) in [6.45, 7) is 7.93. The number of rotatable bonds is 33. The Balaban J connectivity index is 1.80. The number of carbonyl (C=O) groups is 2. The number of likely N-dealkylation sites (N-methyl/N-ethyl adjacent to an activating group) is 1. The minimum absolute atomic E-state index is 0.0209. The summed E-state index contributed by atoms with van der Waals surface area (Å²) >= 11 is 0. The summed E-state index contributed by atoms with van der Waals surface area (Å²) in [5, 5.41) is 31.0. The largest absolute Gasteiger partial charge is 0.756 e. The third-order valence-electron chi connectivity index (χ3n) is 10.9. The molecular weight excluding hydrogens is 805 g/mol. The van der Waals surface area contributed by atoms with Crippen molar-refractivity contribution < 1.29 is 66.5 Å². The monoisotopic (exact) mass is 886 g/mol. The molecular formula is C46H80NO13P. The number of ether oxygens (including phenoxy) is 3. The lowest BCUT2D eigenvalue weighted by molar-refractivity contribution is -0.870. The SMILES string of the molecule is CCCCC[C@H](O)/C=C/[C@H]1OC(O)C[C@H](O)[C@@H]1C/C=C\CCCC(=O)O[C@H](COC(=O)CCCCCCCCc1oc(CCC)c(C)c1C)COP(=O)([O-])OCC[N+](C)(C)C. The summed E-state index contributed by atoms with van der Waals surface area (Å²) < 4.78 is 45.7. The molecule has 1 saturated heterocycles. The second-order valence-corrected chi connectivity index (χ2v) is 18.9. The van der Waals surface area contributed by atoms with E-state index in [0.29, 0.717) is 43.1 Å².